The highest BCUT2D eigenvalue weighted by Gasteiger charge is 2.18. The highest BCUT2D eigenvalue weighted by atomic mass is 15.2. The minimum atomic E-state index is 0.522. The second kappa shape index (κ2) is 5.40. The molecule has 0 aromatic carbocycles. The summed E-state index contributed by atoms with van der Waals surface area (Å²) in [6.45, 7) is 11.9. The third kappa shape index (κ3) is 3.12. The Labute approximate surface area is 82.0 Å². The molecule has 0 radical (unpaired) electrons. The van der Waals surface area contributed by atoms with Crippen LogP contribution in [0.5, 0.6) is 0 Å². The van der Waals surface area contributed by atoms with Crippen LogP contribution in [0.15, 0.2) is 12.7 Å². The van der Waals surface area contributed by atoms with E-state index in [0.29, 0.717) is 12.1 Å². The van der Waals surface area contributed by atoms with Crippen LogP contribution < -0.4 is 5.32 Å². The van der Waals surface area contributed by atoms with Gasteiger partial charge < -0.3 is 5.32 Å². The minimum absolute atomic E-state index is 0.522. The van der Waals surface area contributed by atoms with Crippen molar-refractivity contribution in [3.63, 3.8) is 0 Å². The summed E-state index contributed by atoms with van der Waals surface area (Å²) < 4.78 is 0. The fourth-order valence-corrected chi connectivity index (χ4v) is 1.82. The van der Waals surface area contributed by atoms with Gasteiger partial charge in [0.2, 0.25) is 0 Å². The summed E-state index contributed by atoms with van der Waals surface area (Å²) in [6.07, 6.45) is 4.52. The molecular weight excluding hydrogens is 160 g/mol. The first kappa shape index (κ1) is 10.7. The van der Waals surface area contributed by atoms with Gasteiger partial charge in [-0.1, -0.05) is 13.0 Å². The largest absolute Gasteiger partial charge is 0.313 e. The average Bonchev–Trinajstić information content (AvgIpc) is 2.41. The Balaban J connectivity index is 2.48. The molecule has 1 heterocycles. The molecule has 1 saturated heterocycles. The van der Waals surface area contributed by atoms with E-state index < -0.39 is 0 Å². The molecule has 0 spiro atoms. The van der Waals surface area contributed by atoms with Crippen molar-refractivity contribution in [2.24, 2.45) is 0 Å². The van der Waals surface area contributed by atoms with Crippen LogP contribution >= 0.6 is 0 Å². The quantitative estimate of drug-likeness (QED) is 0.667. The molecule has 2 nitrogen and oxygen atoms in total. The third-order valence-corrected chi connectivity index (χ3v) is 2.92. The lowest BCUT2D eigenvalue weighted by atomic mass is 10.2. The molecule has 1 rings (SSSR count). The van der Waals surface area contributed by atoms with Gasteiger partial charge in [0.05, 0.1) is 0 Å². The van der Waals surface area contributed by atoms with Crippen molar-refractivity contribution in [3.05, 3.63) is 12.7 Å². The van der Waals surface area contributed by atoms with Crippen LogP contribution in [-0.4, -0.2) is 36.6 Å². The zero-order valence-electron chi connectivity index (χ0n) is 8.92. The van der Waals surface area contributed by atoms with Crippen LogP contribution in [0.1, 0.15) is 26.7 Å². The molecule has 2 atom stereocenters. The highest BCUT2D eigenvalue weighted by molar-refractivity contribution is 4.87. The van der Waals surface area contributed by atoms with Gasteiger partial charge in [-0.25, -0.2) is 0 Å². The van der Waals surface area contributed by atoms with Gasteiger partial charge >= 0.3 is 0 Å². The molecule has 0 saturated carbocycles. The van der Waals surface area contributed by atoms with Crippen LogP contribution in [0.4, 0.5) is 0 Å². The van der Waals surface area contributed by atoms with Crippen LogP contribution in [0.3, 0.4) is 0 Å². The van der Waals surface area contributed by atoms with Crippen molar-refractivity contribution in [1.29, 1.82) is 0 Å². The second-order valence-corrected chi connectivity index (χ2v) is 3.88. The van der Waals surface area contributed by atoms with Crippen molar-refractivity contribution in [1.82, 2.24) is 10.2 Å². The molecule has 0 aromatic rings. The lowest BCUT2D eigenvalue weighted by Gasteiger charge is -2.27. The first-order valence-electron chi connectivity index (χ1n) is 5.38. The first-order chi connectivity index (χ1) is 6.27. The number of nitrogens with zero attached hydrogens (tertiary/aromatic N) is 1. The highest BCUT2D eigenvalue weighted by Crippen LogP contribution is 2.07. The summed E-state index contributed by atoms with van der Waals surface area (Å²) >= 11 is 0. The van der Waals surface area contributed by atoms with Gasteiger partial charge in [-0.15, -0.1) is 6.58 Å². The predicted octanol–water partition coefficient (Wildman–Crippen LogP) is 1.63. The van der Waals surface area contributed by atoms with Gasteiger partial charge in [0.1, 0.15) is 0 Å². The fourth-order valence-electron chi connectivity index (χ4n) is 1.82. The lowest BCUT2D eigenvalue weighted by molar-refractivity contribution is 0.235. The Morgan fingerprint density at radius 2 is 2.46 bits per heavy atom. The van der Waals surface area contributed by atoms with Crippen molar-refractivity contribution in [2.75, 3.05) is 19.6 Å². The summed E-state index contributed by atoms with van der Waals surface area (Å²) in [5, 5.41) is 3.56. The molecule has 2 unspecified atom stereocenters. The van der Waals surface area contributed by atoms with E-state index in [-0.39, 0.29) is 0 Å². The van der Waals surface area contributed by atoms with Gasteiger partial charge in [-0.05, 0) is 32.9 Å². The SMILES string of the molecule is C=CC(C)N1CCCNC(CC)C1. The van der Waals surface area contributed by atoms with Gasteiger partial charge in [0.15, 0.2) is 0 Å². The standard InChI is InChI=1S/C11H22N2/c1-4-10(3)13-8-6-7-12-11(5-2)9-13/h4,10-12H,1,5-9H2,2-3H3. The normalized spacial score (nSPS) is 28.0. The van der Waals surface area contributed by atoms with Crippen molar-refractivity contribution in [3.8, 4) is 0 Å². The second-order valence-electron chi connectivity index (χ2n) is 3.88. The summed E-state index contributed by atoms with van der Waals surface area (Å²) in [5.41, 5.74) is 0. The Bertz CT molecular complexity index is 156. The summed E-state index contributed by atoms with van der Waals surface area (Å²) in [5.74, 6) is 0. The van der Waals surface area contributed by atoms with Crippen LogP contribution in [-0.2, 0) is 0 Å². The summed E-state index contributed by atoms with van der Waals surface area (Å²) in [6, 6.07) is 1.19. The molecule has 1 N–H and O–H groups in total. The Kier molecular flexibility index (Phi) is 4.46. The summed E-state index contributed by atoms with van der Waals surface area (Å²) in [7, 11) is 0. The molecule has 76 valence electrons. The monoisotopic (exact) mass is 182 g/mol. The number of rotatable bonds is 3. The summed E-state index contributed by atoms with van der Waals surface area (Å²) in [4.78, 5) is 2.52. The Morgan fingerprint density at radius 1 is 1.69 bits per heavy atom. The van der Waals surface area contributed by atoms with Gasteiger partial charge in [0.25, 0.3) is 0 Å². The fraction of sp³-hybridized carbons (Fsp3) is 0.818. The maximum Gasteiger partial charge on any atom is 0.0247 e. The topological polar surface area (TPSA) is 15.3 Å². The van der Waals surface area contributed by atoms with E-state index in [2.05, 4.69) is 30.6 Å². The van der Waals surface area contributed by atoms with Crippen molar-refractivity contribution < 1.29 is 0 Å². The lowest BCUT2D eigenvalue weighted by Crippen LogP contribution is -2.40. The van der Waals surface area contributed by atoms with Gasteiger partial charge in [-0.2, -0.15) is 0 Å². The van der Waals surface area contributed by atoms with E-state index in [4.69, 9.17) is 0 Å². The van der Waals surface area contributed by atoms with Crippen molar-refractivity contribution >= 4 is 0 Å². The average molecular weight is 182 g/mol. The third-order valence-electron chi connectivity index (χ3n) is 2.92. The molecule has 0 bridgehead atoms. The maximum absolute atomic E-state index is 3.86. The molecule has 0 amide bonds. The molecule has 0 aromatic heterocycles. The maximum atomic E-state index is 3.86. The first-order valence-corrected chi connectivity index (χ1v) is 5.38. The van der Waals surface area contributed by atoms with E-state index in [1.165, 1.54) is 32.5 Å². The van der Waals surface area contributed by atoms with Gasteiger partial charge in [-0.3, -0.25) is 4.90 Å². The van der Waals surface area contributed by atoms with E-state index in [1.807, 2.05) is 6.08 Å². The molecule has 1 aliphatic rings. The predicted molar refractivity (Wildman–Crippen MR) is 57.9 cm³/mol. The van der Waals surface area contributed by atoms with E-state index in [9.17, 15) is 0 Å². The van der Waals surface area contributed by atoms with Gasteiger partial charge in [0, 0.05) is 18.6 Å². The van der Waals surface area contributed by atoms with E-state index in [1.54, 1.807) is 0 Å². The van der Waals surface area contributed by atoms with E-state index in [0.717, 1.165) is 0 Å². The zero-order valence-corrected chi connectivity index (χ0v) is 8.92. The molecule has 0 aliphatic carbocycles. The number of nitrogens with one attached hydrogen (secondary N) is 1. The number of hydrogen-bond acceptors (Lipinski definition) is 2. The molecule has 13 heavy (non-hydrogen) atoms. The molecule has 1 fully saturated rings. The van der Waals surface area contributed by atoms with E-state index >= 15 is 0 Å². The van der Waals surface area contributed by atoms with Crippen LogP contribution in [0, 0.1) is 0 Å². The smallest absolute Gasteiger partial charge is 0.0247 e. The number of hydrogen-bond donors (Lipinski definition) is 1. The van der Waals surface area contributed by atoms with Crippen LogP contribution in [0.2, 0.25) is 0 Å². The minimum Gasteiger partial charge on any atom is -0.313 e. The van der Waals surface area contributed by atoms with Crippen molar-refractivity contribution in [2.45, 2.75) is 38.8 Å². The molecule has 2 heteroatoms. The Hall–Kier alpha value is -0.340. The molecule has 1 aliphatic heterocycles. The zero-order chi connectivity index (χ0) is 9.68. The molecular formula is C11H22N2. The van der Waals surface area contributed by atoms with Crippen LogP contribution in [0.25, 0.3) is 0 Å². The Morgan fingerprint density at radius 3 is 3.08 bits per heavy atom.